The lowest BCUT2D eigenvalue weighted by Gasteiger charge is -2.31. The standard InChI is InChI=1S/C36H38F2N6O2S/c1-3-26-29(37)7-6-22-13-24(45)14-27(30(22)26)32-31(38)33-28(17-40-32)34(43-11-8-21-12-23(18-43)39-16-21)42-35(41-33)46-20-36-9-5-10-44(36)19-25(15-36)47-4-2/h1,6-7,13-14,17,21,23,25,39,45H,4-5,8-12,15-16,18-20H2,2H3/t21?,23?,25-,36+/m1/s1. The van der Waals surface area contributed by atoms with Gasteiger partial charge in [-0.05, 0) is 80.4 Å². The van der Waals surface area contributed by atoms with Crippen LogP contribution in [-0.4, -0.2) is 86.9 Å². The van der Waals surface area contributed by atoms with Crippen molar-refractivity contribution in [2.75, 3.05) is 50.0 Å². The highest BCUT2D eigenvalue weighted by molar-refractivity contribution is 7.99. The van der Waals surface area contributed by atoms with Crippen LogP contribution in [0.2, 0.25) is 0 Å². The molecule has 6 heterocycles. The van der Waals surface area contributed by atoms with E-state index < -0.39 is 11.6 Å². The number of thioether (sulfide) groups is 1. The molecule has 2 unspecified atom stereocenters. The Labute approximate surface area is 277 Å². The molecular formula is C36H38F2N6O2S. The van der Waals surface area contributed by atoms with Gasteiger partial charge < -0.3 is 20.1 Å². The molecule has 4 aliphatic heterocycles. The minimum absolute atomic E-state index is 0.0187. The summed E-state index contributed by atoms with van der Waals surface area (Å²) in [6, 6.07) is 6.06. The van der Waals surface area contributed by atoms with Crippen LogP contribution in [-0.2, 0) is 0 Å². The predicted molar refractivity (Wildman–Crippen MR) is 182 cm³/mol. The minimum atomic E-state index is -0.703. The number of phenols is 1. The molecule has 4 aliphatic rings. The number of halogens is 2. The Kier molecular flexibility index (Phi) is 7.86. The molecule has 8 nitrogen and oxygen atoms in total. The summed E-state index contributed by atoms with van der Waals surface area (Å²) in [5.41, 5.74) is 0.0869. The molecule has 47 heavy (non-hydrogen) atoms. The quantitative estimate of drug-likeness (QED) is 0.242. The fourth-order valence-electron chi connectivity index (χ4n) is 8.43. The Balaban J connectivity index is 1.25. The molecule has 0 spiro atoms. The number of fused-ring (bicyclic) bond motifs is 5. The molecule has 2 N–H and O–H groups in total. The zero-order valence-corrected chi connectivity index (χ0v) is 27.3. The average Bonchev–Trinajstić information content (AvgIpc) is 3.71. The second kappa shape index (κ2) is 12.1. The van der Waals surface area contributed by atoms with E-state index in [9.17, 15) is 9.50 Å². The Bertz CT molecular complexity index is 1920. The first-order valence-electron chi connectivity index (χ1n) is 16.6. The number of benzene rings is 2. The number of terminal acetylenes is 1. The summed E-state index contributed by atoms with van der Waals surface area (Å²) in [5, 5.41) is 16.0. The fourth-order valence-corrected chi connectivity index (χ4v) is 9.62. The molecule has 0 radical (unpaired) electrons. The zero-order chi connectivity index (χ0) is 32.3. The van der Waals surface area contributed by atoms with Crippen LogP contribution < -0.4 is 15.0 Å². The van der Waals surface area contributed by atoms with Gasteiger partial charge in [0, 0.05) is 48.1 Å². The first-order valence-corrected chi connectivity index (χ1v) is 17.7. The number of aromatic nitrogens is 3. The van der Waals surface area contributed by atoms with Crippen molar-refractivity contribution in [1.82, 2.24) is 25.2 Å². The molecule has 0 amide bonds. The monoisotopic (exact) mass is 656 g/mol. The summed E-state index contributed by atoms with van der Waals surface area (Å²) < 4.78 is 38.3. The van der Waals surface area contributed by atoms with Gasteiger partial charge in [0.05, 0.1) is 16.5 Å². The van der Waals surface area contributed by atoms with Crippen LogP contribution in [0.1, 0.15) is 44.6 Å². The van der Waals surface area contributed by atoms with Crippen molar-refractivity contribution >= 4 is 39.3 Å². The topological polar surface area (TPSA) is 86.6 Å². The summed E-state index contributed by atoms with van der Waals surface area (Å²) >= 11 is 2.00. The van der Waals surface area contributed by atoms with E-state index >= 15 is 4.39 Å². The molecule has 4 fully saturated rings. The van der Waals surface area contributed by atoms with E-state index in [0.717, 1.165) is 70.6 Å². The van der Waals surface area contributed by atoms with Gasteiger partial charge in [0.25, 0.3) is 0 Å². The SMILES string of the molecule is C#Cc1c(F)ccc2cc(O)cc(-c3ncc4c(N5CCC6CNC(C6)C5)nc(OC[C@@]56CCCN5C[C@H](SCC)C6)nc4c3F)c12. The van der Waals surface area contributed by atoms with Crippen LogP contribution in [0, 0.1) is 29.9 Å². The van der Waals surface area contributed by atoms with Crippen molar-refractivity contribution in [1.29, 1.82) is 0 Å². The molecule has 4 saturated heterocycles. The molecule has 4 atom stereocenters. The Hall–Kier alpha value is -3.72. The van der Waals surface area contributed by atoms with Gasteiger partial charge in [0.2, 0.25) is 0 Å². The number of anilines is 1. The lowest BCUT2D eigenvalue weighted by molar-refractivity contribution is 0.108. The van der Waals surface area contributed by atoms with Crippen LogP contribution >= 0.6 is 11.8 Å². The number of ether oxygens (including phenoxy) is 1. The van der Waals surface area contributed by atoms with E-state index in [-0.39, 0.29) is 39.6 Å². The number of rotatable bonds is 7. The second-order valence-corrected chi connectivity index (χ2v) is 15.0. The van der Waals surface area contributed by atoms with Crippen LogP contribution in [0.4, 0.5) is 14.6 Å². The summed E-state index contributed by atoms with van der Waals surface area (Å²) in [6.45, 7) is 7.29. The number of hydrogen-bond donors (Lipinski definition) is 2. The second-order valence-electron chi connectivity index (χ2n) is 13.5. The Morgan fingerprint density at radius 3 is 2.96 bits per heavy atom. The van der Waals surface area contributed by atoms with Crippen molar-refractivity contribution in [2.24, 2.45) is 5.92 Å². The highest BCUT2D eigenvalue weighted by Crippen LogP contribution is 2.44. The number of aromatic hydroxyl groups is 1. The van der Waals surface area contributed by atoms with Gasteiger partial charge in [0.1, 0.15) is 35.2 Å². The third-order valence-corrected chi connectivity index (χ3v) is 11.7. The van der Waals surface area contributed by atoms with Crippen molar-refractivity contribution in [3.05, 3.63) is 47.7 Å². The zero-order valence-electron chi connectivity index (χ0n) is 26.4. The van der Waals surface area contributed by atoms with Crippen LogP contribution in [0.3, 0.4) is 0 Å². The highest BCUT2D eigenvalue weighted by Gasteiger charge is 2.49. The van der Waals surface area contributed by atoms with Gasteiger partial charge in [-0.25, -0.2) is 8.78 Å². The van der Waals surface area contributed by atoms with Gasteiger partial charge in [-0.15, -0.1) is 6.42 Å². The largest absolute Gasteiger partial charge is 0.508 e. The Morgan fingerprint density at radius 1 is 1.21 bits per heavy atom. The van der Waals surface area contributed by atoms with E-state index in [1.165, 1.54) is 24.3 Å². The molecule has 2 bridgehead atoms. The van der Waals surface area contributed by atoms with Crippen LogP contribution in [0.25, 0.3) is 32.9 Å². The number of nitrogens with zero attached hydrogens (tertiary/aromatic N) is 5. The molecule has 2 aromatic heterocycles. The van der Waals surface area contributed by atoms with Crippen molar-refractivity contribution < 1.29 is 18.6 Å². The maximum absolute atomic E-state index is 16.9. The lowest BCUT2D eigenvalue weighted by Crippen LogP contribution is -2.43. The molecule has 0 saturated carbocycles. The summed E-state index contributed by atoms with van der Waals surface area (Å²) in [4.78, 5) is 18.9. The molecule has 8 rings (SSSR count). The normalized spacial score (nSPS) is 25.7. The summed E-state index contributed by atoms with van der Waals surface area (Å²) in [5.74, 6) is 3.26. The third kappa shape index (κ3) is 5.35. The van der Waals surface area contributed by atoms with Gasteiger partial charge in [-0.2, -0.15) is 21.7 Å². The van der Waals surface area contributed by atoms with Gasteiger partial charge in [-0.3, -0.25) is 9.88 Å². The third-order valence-electron chi connectivity index (χ3n) is 10.6. The van der Waals surface area contributed by atoms with Gasteiger partial charge in [-0.1, -0.05) is 18.9 Å². The average molecular weight is 657 g/mol. The maximum Gasteiger partial charge on any atom is 0.319 e. The van der Waals surface area contributed by atoms with E-state index in [1.807, 2.05) is 11.8 Å². The molecule has 11 heteroatoms. The number of pyridine rings is 1. The van der Waals surface area contributed by atoms with Crippen LogP contribution in [0.5, 0.6) is 11.8 Å². The summed E-state index contributed by atoms with van der Waals surface area (Å²) in [6.07, 6.45) is 12.6. The first-order chi connectivity index (χ1) is 22.9. The van der Waals surface area contributed by atoms with E-state index in [0.29, 0.717) is 45.8 Å². The number of phenolic OH excluding ortho intramolecular Hbond substituents is 1. The Morgan fingerprint density at radius 2 is 2.11 bits per heavy atom. The van der Waals surface area contributed by atoms with E-state index in [2.05, 4.69) is 37.9 Å². The van der Waals surface area contributed by atoms with Crippen molar-refractivity contribution in [3.63, 3.8) is 0 Å². The smallest absolute Gasteiger partial charge is 0.319 e. The summed E-state index contributed by atoms with van der Waals surface area (Å²) in [7, 11) is 0. The fraction of sp³-hybridized carbons (Fsp3) is 0.472. The molecular weight excluding hydrogens is 618 g/mol. The van der Waals surface area contributed by atoms with E-state index in [4.69, 9.17) is 16.1 Å². The number of nitrogens with one attached hydrogen (secondary N) is 1. The van der Waals surface area contributed by atoms with Crippen LogP contribution in [0.15, 0.2) is 30.5 Å². The van der Waals surface area contributed by atoms with Gasteiger partial charge >= 0.3 is 6.01 Å². The molecule has 4 aromatic rings. The number of hydrogen-bond acceptors (Lipinski definition) is 9. The molecule has 0 aliphatic carbocycles. The van der Waals surface area contributed by atoms with Crippen molar-refractivity contribution in [3.8, 4) is 35.4 Å². The lowest BCUT2D eigenvalue weighted by atomic mass is 9.95. The minimum Gasteiger partial charge on any atom is -0.508 e. The maximum atomic E-state index is 16.9. The highest BCUT2D eigenvalue weighted by atomic mass is 32.2. The van der Waals surface area contributed by atoms with Gasteiger partial charge in [0.15, 0.2) is 5.82 Å². The molecule has 244 valence electrons. The van der Waals surface area contributed by atoms with E-state index in [1.54, 1.807) is 6.20 Å². The molecule has 2 aromatic carbocycles. The first kappa shape index (κ1) is 30.6. The van der Waals surface area contributed by atoms with Crippen molar-refractivity contribution in [2.45, 2.75) is 55.9 Å². The predicted octanol–water partition coefficient (Wildman–Crippen LogP) is 5.74.